The number of ether oxygens (including phenoxy) is 2. The molecule has 170 valence electrons. The van der Waals surface area contributed by atoms with E-state index in [1.807, 2.05) is 6.07 Å². The Labute approximate surface area is 185 Å². The van der Waals surface area contributed by atoms with E-state index in [4.69, 9.17) is 13.9 Å². The molecule has 0 aromatic carbocycles. The summed E-state index contributed by atoms with van der Waals surface area (Å²) in [6, 6.07) is 4.53. The van der Waals surface area contributed by atoms with Gasteiger partial charge in [-0.2, -0.15) is 0 Å². The molecule has 5 aliphatic rings. The number of hydrogen-bond donors (Lipinski definition) is 1. The summed E-state index contributed by atoms with van der Waals surface area (Å²) >= 11 is 0. The second kappa shape index (κ2) is 7.62. The molecule has 5 fully saturated rings. The van der Waals surface area contributed by atoms with Crippen LogP contribution in [0.2, 0.25) is 0 Å². The standard InChI is InChI=1S/C26H37NO4/c1-25-9-5-10-26(16-30-26)23(25)13-19-20(24(28)31-22(19)14-25)15-27-21-8-3-2-6-17(21)12-18-7-4-11-29-18/h4,7,11,17,19-23,27H,2-3,5-6,8-10,12-16H2,1H3/t17-,19+,20-,21+,22-,23+,25-,26+/m1/s1. The molecule has 0 bridgehead atoms. The quantitative estimate of drug-likeness (QED) is 0.554. The van der Waals surface area contributed by atoms with Crippen molar-refractivity contribution in [2.24, 2.45) is 29.1 Å². The molecule has 5 heteroatoms. The van der Waals surface area contributed by atoms with Gasteiger partial charge in [-0.1, -0.05) is 19.8 Å². The molecule has 1 N–H and O–H groups in total. The largest absolute Gasteiger partial charge is 0.469 e. The summed E-state index contributed by atoms with van der Waals surface area (Å²) in [6.45, 7) is 4.12. The maximum atomic E-state index is 12.9. The minimum Gasteiger partial charge on any atom is -0.469 e. The molecule has 8 atom stereocenters. The molecule has 2 aliphatic heterocycles. The van der Waals surface area contributed by atoms with Crippen molar-refractivity contribution in [1.29, 1.82) is 0 Å². The Hall–Kier alpha value is -1.33. The second-order valence-corrected chi connectivity index (χ2v) is 11.4. The van der Waals surface area contributed by atoms with E-state index >= 15 is 0 Å². The van der Waals surface area contributed by atoms with Crippen molar-refractivity contribution in [3.63, 3.8) is 0 Å². The van der Waals surface area contributed by atoms with Gasteiger partial charge in [-0.3, -0.25) is 4.79 Å². The van der Waals surface area contributed by atoms with E-state index in [0.29, 0.717) is 23.8 Å². The number of nitrogens with one attached hydrogen (secondary N) is 1. The normalized spacial score (nSPS) is 46.4. The zero-order valence-electron chi connectivity index (χ0n) is 18.8. The number of esters is 1. The number of furan rings is 1. The summed E-state index contributed by atoms with van der Waals surface area (Å²) in [5.41, 5.74) is 0.398. The molecule has 3 heterocycles. The third-order valence-electron chi connectivity index (χ3n) is 9.63. The zero-order chi connectivity index (χ0) is 21.1. The number of rotatable bonds is 5. The van der Waals surface area contributed by atoms with E-state index in [9.17, 15) is 4.79 Å². The van der Waals surface area contributed by atoms with Gasteiger partial charge in [0.05, 0.1) is 24.4 Å². The fraction of sp³-hybridized carbons (Fsp3) is 0.808. The predicted molar refractivity (Wildman–Crippen MR) is 116 cm³/mol. The Balaban J connectivity index is 1.13. The maximum Gasteiger partial charge on any atom is 0.310 e. The van der Waals surface area contributed by atoms with E-state index in [2.05, 4.69) is 18.3 Å². The third kappa shape index (κ3) is 3.56. The molecule has 6 rings (SSSR count). The SMILES string of the molecule is C[C@]12CCC[C@]3(CO3)[C@H]1C[C@@H]1[C@@H](C2)OC(=O)[C@@H]1CN[C@H]1CCCC[C@@H]1Cc1ccco1. The molecular formula is C26H37NO4. The molecule has 1 aromatic heterocycles. The highest BCUT2D eigenvalue weighted by atomic mass is 16.6. The van der Waals surface area contributed by atoms with Crippen LogP contribution < -0.4 is 5.32 Å². The maximum absolute atomic E-state index is 12.9. The van der Waals surface area contributed by atoms with Crippen LogP contribution in [0.5, 0.6) is 0 Å². The van der Waals surface area contributed by atoms with E-state index in [-0.39, 0.29) is 29.0 Å². The third-order valence-corrected chi connectivity index (χ3v) is 9.63. The number of epoxide rings is 1. The molecule has 2 saturated heterocycles. The average Bonchev–Trinajstić information content (AvgIpc) is 3.19. The molecule has 3 aliphatic carbocycles. The first-order valence-corrected chi connectivity index (χ1v) is 12.7. The summed E-state index contributed by atoms with van der Waals surface area (Å²) in [5, 5.41) is 3.83. The Morgan fingerprint density at radius 2 is 2.06 bits per heavy atom. The lowest BCUT2D eigenvalue weighted by Crippen LogP contribution is -2.51. The molecule has 0 unspecified atom stereocenters. The summed E-state index contributed by atoms with van der Waals surface area (Å²) in [4.78, 5) is 12.9. The van der Waals surface area contributed by atoms with Crippen molar-refractivity contribution in [3.8, 4) is 0 Å². The lowest BCUT2D eigenvalue weighted by atomic mass is 9.53. The summed E-state index contributed by atoms with van der Waals surface area (Å²) in [6.07, 6.45) is 13.7. The molecule has 1 aromatic rings. The van der Waals surface area contributed by atoms with Gasteiger partial charge in [0.1, 0.15) is 11.9 Å². The van der Waals surface area contributed by atoms with Crippen molar-refractivity contribution in [1.82, 2.24) is 5.32 Å². The zero-order valence-corrected chi connectivity index (χ0v) is 18.8. The predicted octanol–water partition coefficient (Wildman–Crippen LogP) is 4.50. The summed E-state index contributed by atoms with van der Waals surface area (Å²) in [7, 11) is 0. The van der Waals surface area contributed by atoms with Crippen LogP contribution in [-0.2, 0) is 20.7 Å². The van der Waals surface area contributed by atoms with Gasteiger partial charge in [-0.25, -0.2) is 0 Å². The highest BCUT2D eigenvalue weighted by molar-refractivity contribution is 5.75. The van der Waals surface area contributed by atoms with Crippen molar-refractivity contribution < 1.29 is 18.7 Å². The van der Waals surface area contributed by atoms with Crippen LogP contribution in [0.4, 0.5) is 0 Å². The fourth-order valence-electron chi connectivity index (χ4n) is 7.88. The van der Waals surface area contributed by atoms with Gasteiger partial charge in [0.15, 0.2) is 0 Å². The lowest BCUT2D eigenvalue weighted by Gasteiger charge is -2.51. The Bertz CT molecular complexity index is 802. The highest BCUT2D eigenvalue weighted by Gasteiger charge is 2.65. The van der Waals surface area contributed by atoms with Gasteiger partial charge in [-0.05, 0) is 74.3 Å². The van der Waals surface area contributed by atoms with E-state index in [1.165, 1.54) is 44.9 Å². The number of carbonyl (C=O) groups is 1. The minimum absolute atomic E-state index is 0.00142. The van der Waals surface area contributed by atoms with Gasteiger partial charge in [-0.15, -0.1) is 0 Å². The molecule has 31 heavy (non-hydrogen) atoms. The first-order valence-electron chi connectivity index (χ1n) is 12.7. The molecule has 5 nitrogen and oxygen atoms in total. The number of hydrogen-bond acceptors (Lipinski definition) is 5. The molecule has 0 amide bonds. The minimum atomic E-state index is -0.00142. The van der Waals surface area contributed by atoms with Crippen molar-refractivity contribution in [3.05, 3.63) is 24.2 Å². The van der Waals surface area contributed by atoms with E-state index < -0.39 is 0 Å². The Morgan fingerprint density at radius 3 is 2.87 bits per heavy atom. The van der Waals surface area contributed by atoms with Crippen LogP contribution in [0, 0.1) is 29.1 Å². The van der Waals surface area contributed by atoms with E-state index in [0.717, 1.165) is 38.2 Å². The number of fused-ring (bicyclic) bond motifs is 3. The van der Waals surface area contributed by atoms with Gasteiger partial charge < -0.3 is 19.2 Å². The second-order valence-electron chi connectivity index (χ2n) is 11.4. The lowest BCUT2D eigenvalue weighted by molar-refractivity contribution is -0.147. The highest BCUT2D eigenvalue weighted by Crippen LogP contribution is 2.62. The van der Waals surface area contributed by atoms with Crippen LogP contribution in [-0.4, -0.2) is 36.9 Å². The van der Waals surface area contributed by atoms with Crippen LogP contribution in [0.15, 0.2) is 22.8 Å². The van der Waals surface area contributed by atoms with Gasteiger partial charge in [0, 0.05) is 24.9 Å². The number of carbonyl (C=O) groups excluding carboxylic acids is 1. The first kappa shape index (κ1) is 20.3. The van der Waals surface area contributed by atoms with Crippen molar-refractivity contribution >= 4 is 5.97 Å². The fourth-order valence-corrected chi connectivity index (χ4v) is 7.88. The average molecular weight is 428 g/mol. The molecule has 1 spiro atoms. The monoisotopic (exact) mass is 427 g/mol. The van der Waals surface area contributed by atoms with Crippen molar-refractivity contribution in [2.45, 2.75) is 88.9 Å². The van der Waals surface area contributed by atoms with Crippen LogP contribution in [0.1, 0.15) is 70.5 Å². The summed E-state index contributed by atoms with van der Waals surface area (Å²) < 4.78 is 17.7. The topological polar surface area (TPSA) is 64.0 Å². The smallest absolute Gasteiger partial charge is 0.310 e. The first-order chi connectivity index (χ1) is 15.1. The van der Waals surface area contributed by atoms with E-state index in [1.54, 1.807) is 6.26 Å². The molecular weight excluding hydrogens is 390 g/mol. The van der Waals surface area contributed by atoms with Gasteiger partial charge in [0.2, 0.25) is 0 Å². The van der Waals surface area contributed by atoms with Gasteiger partial charge >= 0.3 is 5.97 Å². The van der Waals surface area contributed by atoms with Crippen LogP contribution in [0.25, 0.3) is 0 Å². The Kier molecular flexibility index (Phi) is 4.99. The summed E-state index contributed by atoms with van der Waals surface area (Å²) in [5.74, 6) is 2.65. The van der Waals surface area contributed by atoms with Gasteiger partial charge in [0.25, 0.3) is 0 Å². The van der Waals surface area contributed by atoms with Crippen molar-refractivity contribution in [2.75, 3.05) is 13.2 Å². The Morgan fingerprint density at radius 1 is 1.19 bits per heavy atom. The van der Waals surface area contributed by atoms with Crippen LogP contribution in [0.3, 0.4) is 0 Å². The molecule has 3 saturated carbocycles. The van der Waals surface area contributed by atoms with Crippen LogP contribution >= 0.6 is 0 Å². The molecule has 0 radical (unpaired) electrons.